The van der Waals surface area contributed by atoms with E-state index in [1.165, 1.54) is 18.4 Å². The van der Waals surface area contributed by atoms with Crippen molar-refractivity contribution in [3.05, 3.63) is 53.2 Å². The molecule has 1 fully saturated rings. The van der Waals surface area contributed by atoms with Crippen LogP contribution in [0.25, 0.3) is 0 Å². The maximum absolute atomic E-state index is 12.7. The largest absolute Gasteiger partial charge is 0.447 e. The summed E-state index contributed by atoms with van der Waals surface area (Å²) in [6.45, 7) is 4.90. The van der Waals surface area contributed by atoms with Crippen molar-refractivity contribution in [1.29, 1.82) is 0 Å². The average molecular weight is 395 g/mol. The fourth-order valence-electron chi connectivity index (χ4n) is 2.81. The van der Waals surface area contributed by atoms with Crippen LogP contribution in [0.2, 0.25) is 0 Å². The number of carbonyl (C=O) groups excluding carboxylic acids is 1. The fourth-order valence-corrected chi connectivity index (χ4v) is 2.81. The standard InChI is InChI=1S/C20H24F3N3O2/c1-3-13(2)26(10-14-4-6-15(7-5-14)20(21,22)23)11-18-25-17(12-28-18)19(27)24-16-8-9-16/h4-7,12-13,16H,3,8-11H2,1-2H3,(H,24,27). The lowest BCUT2D eigenvalue weighted by atomic mass is 10.1. The number of oxazole rings is 1. The van der Waals surface area contributed by atoms with Crippen molar-refractivity contribution in [3.63, 3.8) is 0 Å². The van der Waals surface area contributed by atoms with Crippen LogP contribution in [0.4, 0.5) is 13.2 Å². The molecule has 1 N–H and O–H groups in total. The van der Waals surface area contributed by atoms with Crippen molar-refractivity contribution >= 4 is 5.91 Å². The lowest BCUT2D eigenvalue weighted by molar-refractivity contribution is -0.137. The van der Waals surface area contributed by atoms with Crippen molar-refractivity contribution in [1.82, 2.24) is 15.2 Å². The van der Waals surface area contributed by atoms with Crippen LogP contribution in [0.15, 0.2) is 34.9 Å². The van der Waals surface area contributed by atoms with Crippen LogP contribution in [0, 0.1) is 0 Å². The summed E-state index contributed by atoms with van der Waals surface area (Å²) in [6.07, 6.45) is -0.155. The lowest BCUT2D eigenvalue weighted by Crippen LogP contribution is -2.32. The number of nitrogens with zero attached hydrogens (tertiary/aromatic N) is 2. The van der Waals surface area contributed by atoms with E-state index in [1.54, 1.807) is 0 Å². The second-order valence-corrected chi connectivity index (χ2v) is 7.23. The summed E-state index contributed by atoms with van der Waals surface area (Å²) in [6, 6.07) is 5.57. The number of alkyl halides is 3. The van der Waals surface area contributed by atoms with Gasteiger partial charge in [0.1, 0.15) is 6.26 Å². The summed E-state index contributed by atoms with van der Waals surface area (Å²) in [5.74, 6) is 0.170. The van der Waals surface area contributed by atoms with Gasteiger partial charge in [-0.15, -0.1) is 0 Å². The summed E-state index contributed by atoms with van der Waals surface area (Å²) in [7, 11) is 0. The summed E-state index contributed by atoms with van der Waals surface area (Å²) in [5, 5.41) is 2.86. The second-order valence-electron chi connectivity index (χ2n) is 7.23. The molecule has 1 aromatic carbocycles. The van der Waals surface area contributed by atoms with Crippen molar-refractivity contribution in [2.75, 3.05) is 0 Å². The van der Waals surface area contributed by atoms with E-state index in [1.807, 2.05) is 13.8 Å². The predicted molar refractivity (Wildman–Crippen MR) is 97.4 cm³/mol. The summed E-state index contributed by atoms with van der Waals surface area (Å²) >= 11 is 0. The number of benzene rings is 1. The lowest BCUT2D eigenvalue weighted by Gasteiger charge is -2.27. The van der Waals surface area contributed by atoms with Crippen LogP contribution in [0.5, 0.6) is 0 Å². The number of rotatable bonds is 8. The van der Waals surface area contributed by atoms with Gasteiger partial charge in [-0.1, -0.05) is 19.1 Å². The molecule has 2 aromatic rings. The first-order chi connectivity index (χ1) is 13.3. The van der Waals surface area contributed by atoms with Crippen molar-refractivity contribution in [3.8, 4) is 0 Å². The van der Waals surface area contributed by atoms with Crippen LogP contribution in [-0.4, -0.2) is 27.9 Å². The molecule has 0 bridgehead atoms. The molecule has 0 radical (unpaired) electrons. The van der Waals surface area contributed by atoms with Gasteiger partial charge in [0.05, 0.1) is 12.1 Å². The van der Waals surface area contributed by atoms with Gasteiger partial charge in [-0.25, -0.2) is 4.98 Å². The molecule has 28 heavy (non-hydrogen) atoms. The SMILES string of the molecule is CCC(C)N(Cc1ccc(C(F)(F)F)cc1)Cc1nc(C(=O)NC2CC2)co1. The Morgan fingerprint density at radius 3 is 2.54 bits per heavy atom. The molecule has 1 amide bonds. The van der Waals surface area contributed by atoms with Crippen LogP contribution in [0.1, 0.15) is 60.6 Å². The summed E-state index contributed by atoms with van der Waals surface area (Å²) < 4.78 is 43.7. The minimum absolute atomic E-state index is 0.165. The number of amides is 1. The highest BCUT2D eigenvalue weighted by atomic mass is 19.4. The molecule has 0 spiro atoms. The molecule has 8 heteroatoms. The first kappa shape index (κ1) is 20.4. The number of hydrogen-bond donors (Lipinski definition) is 1. The van der Waals surface area contributed by atoms with E-state index in [4.69, 9.17) is 4.42 Å². The van der Waals surface area contributed by atoms with Crippen LogP contribution >= 0.6 is 0 Å². The molecular weight excluding hydrogens is 371 g/mol. The molecule has 152 valence electrons. The molecule has 1 atom stereocenters. The van der Waals surface area contributed by atoms with E-state index in [0.29, 0.717) is 19.0 Å². The van der Waals surface area contributed by atoms with Crippen molar-refractivity contribution in [2.24, 2.45) is 0 Å². The minimum Gasteiger partial charge on any atom is -0.447 e. The van der Waals surface area contributed by atoms with Gasteiger partial charge in [0.25, 0.3) is 5.91 Å². The van der Waals surface area contributed by atoms with Crippen LogP contribution in [-0.2, 0) is 19.3 Å². The van der Waals surface area contributed by atoms with E-state index in [-0.39, 0.29) is 23.7 Å². The zero-order valence-electron chi connectivity index (χ0n) is 15.9. The molecular formula is C20H24F3N3O2. The molecule has 5 nitrogen and oxygen atoms in total. The zero-order chi connectivity index (χ0) is 20.3. The highest BCUT2D eigenvalue weighted by Gasteiger charge is 2.30. The molecule has 1 unspecified atom stereocenters. The number of hydrogen-bond acceptors (Lipinski definition) is 4. The predicted octanol–water partition coefficient (Wildman–Crippen LogP) is 4.39. The van der Waals surface area contributed by atoms with Gasteiger partial charge in [-0.05, 0) is 43.9 Å². The molecule has 1 heterocycles. The van der Waals surface area contributed by atoms with E-state index in [9.17, 15) is 18.0 Å². The third-order valence-corrected chi connectivity index (χ3v) is 4.92. The van der Waals surface area contributed by atoms with Gasteiger partial charge >= 0.3 is 6.18 Å². The Hall–Kier alpha value is -2.35. The van der Waals surface area contributed by atoms with Crippen molar-refractivity contribution < 1.29 is 22.4 Å². The van der Waals surface area contributed by atoms with E-state index < -0.39 is 11.7 Å². The third kappa shape index (κ3) is 5.34. The normalized spacial score (nSPS) is 15.6. The molecule has 1 saturated carbocycles. The quantitative estimate of drug-likeness (QED) is 0.720. The Bertz CT molecular complexity index is 798. The molecule has 1 aromatic heterocycles. The highest BCUT2D eigenvalue weighted by Crippen LogP contribution is 2.29. The first-order valence-electron chi connectivity index (χ1n) is 9.41. The number of aromatic nitrogens is 1. The maximum Gasteiger partial charge on any atom is 0.416 e. The summed E-state index contributed by atoms with van der Waals surface area (Å²) in [4.78, 5) is 18.4. The molecule has 1 aliphatic carbocycles. The maximum atomic E-state index is 12.7. The van der Waals surface area contributed by atoms with Gasteiger partial charge in [-0.2, -0.15) is 13.2 Å². The van der Waals surface area contributed by atoms with E-state index in [0.717, 1.165) is 37.0 Å². The van der Waals surface area contributed by atoms with Crippen LogP contribution < -0.4 is 5.32 Å². The van der Waals surface area contributed by atoms with Gasteiger partial charge in [0, 0.05) is 18.6 Å². The number of carbonyl (C=O) groups is 1. The Labute approximate surface area is 161 Å². The minimum atomic E-state index is -4.34. The Balaban J connectivity index is 1.67. The number of halogens is 3. The molecule has 0 aliphatic heterocycles. The molecule has 0 saturated heterocycles. The monoisotopic (exact) mass is 395 g/mol. The third-order valence-electron chi connectivity index (χ3n) is 4.92. The van der Waals surface area contributed by atoms with Gasteiger partial charge in [0.15, 0.2) is 5.69 Å². The molecule has 3 rings (SSSR count). The zero-order valence-corrected chi connectivity index (χ0v) is 15.9. The van der Waals surface area contributed by atoms with Crippen molar-refractivity contribution in [2.45, 2.75) is 64.5 Å². The highest BCUT2D eigenvalue weighted by molar-refractivity contribution is 5.92. The van der Waals surface area contributed by atoms with Gasteiger partial charge in [-0.3, -0.25) is 9.69 Å². The fraction of sp³-hybridized carbons (Fsp3) is 0.500. The molecule has 1 aliphatic rings. The average Bonchev–Trinajstić information content (AvgIpc) is 3.34. The summed E-state index contributed by atoms with van der Waals surface area (Å²) in [5.41, 5.74) is 0.359. The Morgan fingerprint density at radius 1 is 1.29 bits per heavy atom. The van der Waals surface area contributed by atoms with E-state index >= 15 is 0 Å². The van der Waals surface area contributed by atoms with E-state index in [2.05, 4.69) is 15.2 Å². The van der Waals surface area contributed by atoms with Gasteiger partial charge in [0.2, 0.25) is 5.89 Å². The van der Waals surface area contributed by atoms with Crippen LogP contribution in [0.3, 0.4) is 0 Å². The Kier molecular flexibility index (Phi) is 6.07. The second kappa shape index (κ2) is 8.34. The number of nitrogens with one attached hydrogen (secondary N) is 1. The topological polar surface area (TPSA) is 58.4 Å². The van der Waals surface area contributed by atoms with Gasteiger partial charge < -0.3 is 9.73 Å². The Morgan fingerprint density at radius 2 is 1.96 bits per heavy atom. The smallest absolute Gasteiger partial charge is 0.416 e. The first-order valence-corrected chi connectivity index (χ1v) is 9.41.